The summed E-state index contributed by atoms with van der Waals surface area (Å²) in [7, 11) is 0. The van der Waals surface area contributed by atoms with E-state index >= 15 is 0 Å². The predicted octanol–water partition coefficient (Wildman–Crippen LogP) is 3.47. The molecule has 1 heterocycles. The van der Waals surface area contributed by atoms with Crippen LogP contribution in [0.3, 0.4) is 0 Å². The van der Waals surface area contributed by atoms with Gasteiger partial charge in [-0.25, -0.2) is 9.78 Å². The maximum absolute atomic E-state index is 12.4. The Balaban J connectivity index is 2.45. The van der Waals surface area contributed by atoms with Gasteiger partial charge in [-0.1, -0.05) is 19.9 Å². The third-order valence-electron chi connectivity index (χ3n) is 3.92. The number of imidazole rings is 1. The van der Waals surface area contributed by atoms with Crippen molar-refractivity contribution in [3.8, 4) is 0 Å². The number of anilines is 1. The molecule has 0 bridgehead atoms. The second-order valence-electron chi connectivity index (χ2n) is 5.69. The van der Waals surface area contributed by atoms with Crippen LogP contribution in [-0.2, 0) is 16.0 Å². The van der Waals surface area contributed by atoms with Crippen molar-refractivity contribution in [3.63, 3.8) is 0 Å². The van der Waals surface area contributed by atoms with Crippen LogP contribution >= 0.6 is 0 Å². The van der Waals surface area contributed by atoms with Crippen molar-refractivity contribution >= 4 is 22.7 Å². The number of hydrogen-bond donors (Lipinski definition) is 1. The van der Waals surface area contributed by atoms with Crippen molar-refractivity contribution in [2.75, 3.05) is 5.73 Å². The van der Waals surface area contributed by atoms with E-state index in [0.29, 0.717) is 5.69 Å². The minimum atomic E-state index is -0.414. The molecule has 0 aliphatic carbocycles. The molecule has 2 aromatic rings. The summed E-state index contributed by atoms with van der Waals surface area (Å²) < 4.78 is 7.44. The number of ether oxygens (including phenoxy) is 1. The standard InChI is InChI=1S/C17H25N3O2/c1-5-8-15-19-16-13(18)9-7-10-14(16)20(15)12(4)17(21)22-11(3)6-2/h7,9-12H,5-6,8,18H2,1-4H3. The van der Waals surface area contributed by atoms with E-state index in [0.717, 1.165) is 36.1 Å². The van der Waals surface area contributed by atoms with Gasteiger partial charge in [0.05, 0.1) is 17.3 Å². The lowest BCUT2D eigenvalue weighted by molar-refractivity contribution is -0.151. The van der Waals surface area contributed by atoms with Gasteiger partial charge in [0.15, 0.2) is 0 Å². The Kier molecular flexibility index (Phi) is 5.06. The van der Waals surface area contributed by atoms with E-state index in [2.05, 4.69) is 11.9 Å². The molecule has 2 N–H and O–H groups in total. The first-order valence-corrected chi connectivity index (χ1v) is 7.95. The molecule has 0 radical (unpaired) electrons. The number of nitrogens with zero attached hydrogens (tertiary/aromatic N) is 2. The average Bonchev–Trinajstić information content (AvgIpc) is 2.86. The molecule has 0 saturated heterocycles. The molecule has 5 nitrogen and oxygen atoms in total. The highest BCUT2D eigenvalue weighted by molar-refractivity contribution is 5.89. The largest absolute Gasteiger partial charge is 0.461 e. The first kappa shape index (κ1) is 16.3. The number of carbonyl (C=O) groups excluding carboxylic acids is 1. The van der Waals surface area contributed by atoms with Crippen molar-refractivity contribution < 1.29 is 9.53 Å². The minimum Gasteiger partial charge on any atom is -0.461 e. The van der Waals surface area contributed by atoms with Gasteiger partial charge in [0.2, 0.25) is 0 Å². The van der Waals surface area contributed by atoms with Gasteiger partial charge in [-0.2, -0.15) is 0 Å². The molecule has 5 heteroatoms. The Morgan fingerprint density at radius 3 is 2.73 bits per heavy atom. The predicted molar refractivity (Wildman–Crippen MR) is 88.7 cm³/mol. The van der Waals surface area contributed by atoms with E-state index in [9.17, 15) is 4.79 Å². The van der Waals surface area contributed by atoms with Crippen molar-refractivity contribution in [3.05, 3.63) is 24.0 Å². The van der Waals surface area contributed by atoms with Crippen LogP contribution in [0.15, 0.2) is 18.2 Å². The van der Waals surface area contributed by atoms with E-state index in [1.165, 1.54) is 0 Å². The van der Waals surface area contributed by atoms with Crippen LogP contribution in [0.1, 0.15) is 52.4 Å². The first-order chi connectivity index (χ1) is 10.5. The second kappa shape index (κ2) is 6.81. The summed E-state index contributed by atoms with van der Waals surface area (Å²) >= 11 is 0. The third-order valence-corrected chi connectivity index (χ3v) is 3.92. The van der Waals surface area contributed by atoms with Gasteiger partial charge < -0.3 is 15.0 Å². The maximum Gasteiger partial charge on any atom is 0.329 e. The monoisotopic (exact) mass is 303 g/mol. The van der Waals surface area contributed by atoms with Crippen LogP contribution in [0.2, 0.25) is 0 Å². The molecule has 1 aromatic carbocycles. The van der Waals surface area contributed by atoms with Crippen LogP contribution in [-0.4, -0.2) is 21.6 Å². The zero-order valence-corrected chi connectivity index (χ0v) is 13.8. The highest BCUT2D eigenvalue weighted by Gasteiger charge is 2.24. The quantitative estimate of drug-likeness (QED) is 0.655. The fourth-order valence-electron chi connectivity index (χ4n) is 2.50. The van der Waals surface area contributed by atoms with E-state index < -0.39 is 6.04 Å². The molecule has 2 unspecified atom stereocenters. The van der Waals surface area contributed by atoms with Gasteiger partial charge in [0, 0.05) is 6.42 Å². The van der Waals surface area contributed by atoms with Crippen molar-refractivity contribution in [2.45, 2.75) is 59.1 Å². The Morgan fingerprint density at radius 2 is 2.09 bits per heavy atom. The van der Waals surface area contributed by atoms with Gasteiger partial charge in [-0.05, 0) is 38.8 Å². The minimum absolute atomic E-state index is 0.0792. The number of aryl methyl sites for hydroxylation is 1. The van der Waals surface area contributed by atoms with Gasteiger partial charge in [0.25, 0.3) is 0 Å². The number of carbonyl (C=O) groups is 1. The summed E-state index contributed by atoms with van der Waals surface area (Å²) in [4.78, 5) is 17.0. The lowest BCUT2D eigenvalue weighted by Gasteiger charge is -2.19. The SMILES string of the molecule is CCCc1nc2c(N)cccc2n1C(C)C(=O)OC(C)CC. The highest BCUT2D eigenvalue weighted by Crippen LogP contribution is 2.27. The van der Waals surface area contributed by atoms with Crippen LogP contribution < -0.4 is 5.73 Å². The zero-order chi connectivity index (χ0) is 16.3. The smallest absolute Gasteiger partial charge is 0.329 e. The average molecular weight is 303 g/mol. The third kappa shape index (κ3) is 3.08. The fraction of sp³-hybridized carbons (Fsp3) is 0.529. The molecule has 2 rings (SSSR count). The number of hydrogen-bond acceptors (Lipinski definition) is 4. The van der Waals surface area contributed by atoms with Crippen molar-refractivity contribution in [1.29, 1.82) is 0 Å². The van der Waals surface area contributed by atoms with E-state index in [-0.39, 0.29) is 12.1 Å². The zero-order valence-electron chi connectivity index (χ0n) is 13.8. The summed E-state index contributed by atoms with van der Waals surface area (Å²) in [5.41, 5.74) is 8.30. The molecule has 0 saturated carbocycles. The van der Waals surface area contributed by atoms with Crippen LogP contribution in [0.5, 0.6) is 0 Å². The summed E-state index contributed by atoms with van der Waals surface area (Å²) in [6.45, 7) is 7.85. The summed E-state index contributed by atoms with van der Waals surface area (Å²) in [5, 5.41) is 0. The first-order valence-electron chi connectivity index (χ1n) is 7.95. The lowest BCUT2D eigenvalue weighted by atomic mass is 10.2. The molecule has 0 spiro atoms. The number of nitrogen functional groups attached to an aromatic ring is 1. The van der Waals surface area contributed by atoms with Gasteiger partial charge in [0.1, 0.15) is 17.4 Å². The maximum atomic E-state index is 12.4. The molecule has 0 fully saturated rings. The molecular weight excluding hydrogens is 278 g/mol. The van der Waals surface area contributed by atoms with Crippen molar-refractivity contribution in [1.82, 2.24) is 9.55 Å². The highest BCUT2D eigenvalue weighted by atomic mass is 16.5. The number of para-hydroxylation sites is 1. The molecule has 0 amide bonds. The Morgan fingerprint density at radius 1 is 1.36 bits per heavy atom. The molecule has 1 aromatic heterocycles. The number of fused-ring (bicyclic) bond motifs is 1. The Labute approximate surface area is 131 Å². The van der Waals surface area contributed by atoms with Gasteiger partial charge in [-0.15, -0.1) is 0 Å². The molecule has 0 aliphatic rings. The molecule has 120 valence electrons. The van der Waals surface area contributed by atoms with E-state index in [4.69, 9.17) is 10.5 Å². The molecule has 2 atom stereocenters. The van der Waals surface area contributed by atoms with Crippen LogP contribution in [0, 0.1) is 0 Å². The van der Waals surface area contributed by atoms with E-state index in [1.54, 1.807) is 0 Å². The topological polar surface area (TPSA) is 70.1 Å². The van der Waals surface area contributed by atoms with Crippen LogP contribution in [0.25, 0.3) is 11.0 Å². The summed E-state index contributed by atoms with van der Waals surface area (Å²) in [6, 6.07) is 5.25. The number of benzene rings is 1. The van der Waals surface area contributed by atoms with Crippen LogP contribution in [0.4, 0.5) is 5.69 Å². The molecule has 0 aliphatic heterocycles. The van der Waals surface area contributed by atoms with E-state index in [1.807, 2.05) is 43.5 Å². The molecular formula is C17H25N3O2. The molecule has 22 heavy (non-hydrogen) atoms. The number of esters is 1. The number of nitrogens with two attached hydrogens (primary N) is 1. The number of aromatic nitrogens is 2. The second-order valence-corrected chi connectivity index (χ2v) is 5.69. The summed E-state index contributed by atoms with van der Waals surface area (Å²) in [5.74, 6) is 0.650. The Hall–Kier alpha value is -2.04. The Bertz CT molecular complexity index is 663. The summed E-state index contributed by atoms with van der Waals surface area (Å²) in [6.07, 6.45) is 2.48. The van der Waals surface area contributed by atoms with Gasteiger partial charge in [-0.3, -0.25) is 0 Å². The fourth-order valence-corrected chi connectivity index (χ4v) is 2.50. The van der Waals surface area contributed by atoms with Gasteiger partial charge >= 0.3 is 5.97 Å². The lowest BCUT2D eigenvalue weighted by Crippen LogP contribution is -2.24. The number of rotatable bonds is 6. The normalized spacial score (nSPS) is 14.0. The van der Waals surface area contributed by atoms with Crippen molar-refractivity contribution in [2.24, 2.45) is 0 Å².